The van der Waals surface area contributed by atoms with Gasteiger partial charge in [-0.05, 0) is 37.6 Å². The summed E-state index contributed by atoms with van der Waals surface area (Å²) in [7, 11) is 1.95. The minimum Gasteiger partial charge on any atom is -0.468 e. The number of benzene rings is 1. The van der Waals surface area contributed by atoms with Gasteiger partial charge in [0.2, 0.25) is 5.91 Å². The molecule has 1 N–H and O–H groups in total. The van der Waals surface area contributed by atoms with Gasteiger partial charge in [-0.2, -0.15) is 0 Å². The van der Waals surface area contributed by atoms with Crippen LogP contribution in [0.15, 0.2) is 53.1 Å². The molecule has 1 aliphatic rings. The third-order valence-electron chi connectivity index (χ3n) is 3.71. The highest BCUT2D eigenvalue weighted by molar-refractivity contribution is 5.83. The molecule has 1 atom stereocenters. The fourth-order valence-corrected chi connectivity index (χ4v) is 2.49. The van der Waals surface area contributed by atoms with E-state index in [0.717, 1.165) is 24.2 Å². The van der Waals surface area contributed by atoms with Gasteiger partial charge >= 0.3 is 0 Å². The van der Waals surface area contributed by atoms with Crippen LogP contribution in [0.4, 0.5) is 0 Å². The summed E-state index contributed by atoms with van der Waals surface area (Å²) in [5.41, 5.74) is 1.00. The molecule has 1 aromatic heterocycles. The number of carbonyl (C=O) groups is 1. The normalized spacial score (nSPS) is 15.9. The Morgan fingerprint density at radius 1 is 1.29 bits per heavy atom. The summed E-state index contributed by atoms with van der Waals surface area (Å²) in [6.45, 7) is 0.602. The van der Waals surface area contributed by atoms with Crippen molar-refractivity contribution in [1.82, 2.24) is 10.2 Å². The van der Waals surface area contributed by atoms with Crippen molar-refractivity contribution in [3.8, 4) is 0 Å². The van der Waals surface area contributed by atoms with Crippen LogP contribution in [0.1, 0.15) is 30.2 Å². The van der Waals surface area contributed by atoms with Gasteiger partial charge in [-0.1, -0.05) is 30.3 Å². The Morgan fingerprint density at radius 3 is 2.67 bits per heavy atom. The van der Waals surface area contributed by atoms with Gasteiger partial charge in [-0.3, -0.25) is 9.69 Å². The highest BCUT2D eigenvalue weighted by Crippen LogP contribution is 2.25. The molecule has 4 heteroatoms. The van der Waals surface area contributed by atoms with Gasteiger partial charge in [0.05, 0.1) is 12.8 Å². The van der Waals surface area contributed by atoms with Crippen molar-refractivity contribution in [2.45, 2.75) is 31.5 Å². The van der Waals surface area contributed by atoms with E-state index >= 15 is 0 Å². The summed E-state index contributed by atoms with van der Waals surface area (Å²) in [5.74, 6) is 0.926. The fraction of sp³-hybridized carbons (Fsp3) is 0.353. The number of hydrogen-bond donors (Lipinski definition) is 1. The molecular weight excluding hydrogens is 264 g/mol. The van der Waals surface area contributed by atoms with E-state index in [-0.39, 0.29) is 11.9 Å². The maximum absolute atomic E-state index is 12.6. The van der Waals surface area contributed by atoms with E-state index in [9.17, 15) is 4.79 Å². The first-order chi connectivity index (χ1) is 10.2. The molecule has 0 aliphatic heterocycles. The highest BCUT2D eigenvalue weighted by atomic mass is 16.3. The number of hydrogen-bond acceptors (Lipinski definition) is 3. The maximum atomic E-state index is 12.6. The van der Waals surface area contributed by atoms with Crippen molar-refractivity contribution in [2.24, 2.45) is 0 Å². The molecule has 110 valence electrons. The van der Waals surface area contributed by atoms with Gasteiger partial charge in [0.25, 0.3) is 0 Å². The van der Waals surface area contributed by atoms with Crippen LogP contribution in [0.5, 0.6) is 0 Å². The van der Waals surface area contributed by atoms with Crippen LogP contribution < -0.4 is 5.32 Å². The van der Waals surface area contributed by atoms with Crippen LogP contribution in [0.25, 0.3) is 0 Å². The Labute approximate surface area is 124 Å². The van der Waals surface area contributed by atoms with Crippen molar-refractivity contribution < 1.29 is 9.21 Å². The zero-order chi connectivity index (χ0) is 14.7. The quantitative estimate of drug-likeness (QED) is 0.887. The Hall–Kier alpha value is -2.07. The van der Waals surface area contributed by atoms with Crippen molar-refractivity contribution in [1.29, 1.82) is 0 Å². The van der Waals surface area contributed by atoms with Gasteiger partial charge in [0.1, 0.15) is 11.8 Å². The first-order valence-corrected chi connectivity index (χ1v) is 7.32. The number of furan rings is 1. The monoisotopic (exact) mass is 284 g/mol. The zero-order valence-electron chi connectivity index (χ0n) is 12.2. The molecule has 1 amide bonds. The standard InChI is InChI=1S/C17H20N2O2/c1-19(12-15-8-5-11-21-15)16(13-6-3-2-4-7-13)17(20)18-14-9-10-14/h2-8,11,14,16H,9-10,12H2,1H3,(H,18,20)/t16-/m1/s1. The molecule has 0 saturated heterocycles. The third-order valence-corrected chi connectivity index (χ3v) is 3.71. The second-order valence-corrected chi connectivity index (χ2v) is 5.59. The second-order valence-electron chi connectivity index (χ2n) is 5.59. The summed E-state index contributed by atoms with van der Waals surface area (Å²) < 4.78 is 5.39. The van der Waals surface area contributed by atoms with Crippen LogP contribution in [0.3, 0.4) is 0 Å². The van der Waals surface area contributed by atoms with E-state index in [2.05, 4.69) is 5.32 Å². The Bertz CT molecular complexity index is 576. The van der Waals surface area contributed by atoms with E-state index in [1.807, 2.05) is 54.4 Å². The molecule has 21 heavy (non-hydrogen) atoms. The Kier molecular flexibility index (Phi) is 4.06. The predicted octanol–water partition coefficient (Wildman–Crippen LogP) is 2.73. The lowest BCUT2D eigenvalue weighted by atomic mass is 10.0. The van der Waals surface area contributed by atoms with Crippen molar-refractivity contribution >= 4 is 5.91 Å². The van der Waals surface area contributed by atoms with Crippen LogP contribution >= 0.6 is 0 Å². The molecular formula is C17H20N2O2. The lowest BCUT2D eigenvalue weighted by Crippen LogP contribution is -2.39. The SMILES string of the molecule is CN(Cc1ccco1)[C@@H](C(=O)NC1CC1)c1ccccc1. The lowest BCUT2D eigenvalue weighted by molar-refractivity contribution is -0.126. The van der Waals surface area contributed by atoms with Gasteiger partial charge in [-0.15, -0.1) is 0 Å². The van der Waals surface area contributed by atoms with Crippen LogP contribution in [0, 0.1) is 0 Å². The van der Waals surface area contributed by atoms with E-state index in [4.69, 9.17) is 4.42 Å². The lowest BCUT2D eigenvalue weighted by Gasteiger charge is -2.26. The average Bonchev–Trinajstić information content (AvgIpc) is 3.14. The summed E-state index contributed by atoms with van der Waals surface area (Å²) in [5, 5.41) is 3.10. The van der Waals surface area contributed by atoms with Crippen molar-refractivity contribution in [3.05, 3.63) is 60.1 Å². The Morgan fingerprint density at radius 2 is 2.05 bits per heavy atom. The summed E-state index contributed by atoms with van der Waals surface area (Å²) >= 11 is 0. The molecule has 1 saturated carbocycles. The predicted molar refractivity (Wildman–Crippen MR) is 80.5 cm³/mol. The Balaban J connectivity index is 1.78. The van der Waals surface area contributed by atoms with Gasteiger partial charge in [0, 0.05) is 6.04 Å². The minimum atomic E-state index is -0.295. The van der Waals surface area contributed by atoms with E-state index in [1.165, 1.54) is 0 Å². The summed E-state index contributed by atoms with van der Waals surface area (Å²) in [6.07, 6.45) is 3.84. The van der Waals surface area contributed by atoms with E-state index < -0.39 is 0 Å². The molecule has 0 spiro atoms. The molecule has 0 bridgehead atoms. The van der Waals surface area contributed by atoms with E-state index in [0.29, 0.717) is 12.6 Å². The molecule has 4 nitrogen and oxygen atoms in total. The third kappa shape index (κ3) is 3.52. The number of rotatable bonds is 6. The topological polar surface area (TPSA) is 45.5 Å². The molecule has 1 aromatic carbocycles. The van der Waals surface area contributed by atoms with Crippen LogP contribution in [-0.2, 0) is 11.3 Å². The first-order valence-electron chi connectivity index (χ1n) is 7.32. The number of amides is 1. The smallest absolute Gasteiger partial charge is 0.242 e. The highest BCUT2D eigenvalue weighted by Gasteiger charge is 2.30. The fourth-order valence-electron chi connectivity index (χ4n) is 2.49. The molecule has 0 radical (unpaired) electrons. The number of nitrogens with zero attached hydrogens (tertiary/aromatic N) is 1. The maximum Gasteiger partial charge on any atom is 0.242 e. The number of likely N-dealkylation sites (N-methyl/N-ethyl adjacent to an activating group) is 1. The largest absolute Gasteiger partial charge is 0.468 e. The summed E-state index contributed by atoms with van der Waals surface area (Å²) in [6, 6.07) is 13.7. The minimum absolute atomic E-state index is 0.0674. The first kappa shape index (κ1) is 13.9. The van der Waals surface area contributed by atoms with Gasteiger partial charge in [-0.25, -0.2) is 0 Å². The molecule has 0 unspecified atom stereocenters. The zero-order valence-corrected chi connectivity index (χ0v) is 12.2. The average molecular weight is 284 g/mol. The second kappa shape index (κ2) is 6.14. The summed E-state index contributed by atoms with van der Waals surface area (Å²) in [4.78, 5) is 14.6. The van der Waals surface area contributed by atoms with Gasteiger partial charge in [0.15, 0.2) is 0 Å². The molecule has 1 heterocycles. The number of nitrogens with one attached hydrogen (secondary N) is 1. The van der Waals surface area contributed by atoms with Gasteiger partial charge < -0.3 is 9.73 Å². The van der Waals surface area contributed by atoms with Crippen LogP contribution in [0.2, 0.25) is 0 Å². The molecule has 1 fully saturated rings. The van der Waals surface area contributed by atoms with E-state index in [1.54, 1.807) is 6.26 Å². The van der Waals surface area contributed by atoms with Crippen LogP contribution in [-0.4, -0.2) is 23.9 Å². The number of carbonyl (C=O) groups excluding carboxylic acids is 1. The molecule has 3 rings (SSSR count). The molecule has 1 aliphatic carbocycles. The molecule has 2 aromatic rings. The van der Waals surface area contributed by atoms with Crippen molar-refractivity contribution in [3.63, 3.8) is 0 Å². The van der Waals surface area contributed by atoms with Crippen molar-refractivity contribution in [2.75, 3.05) is 7.05 Å².